The first kappa shape index (κ1) is 48.7. The number of nitrogens with one attached hydrogen (secondary N) is 4. The van der Waals surface area contributed by atoms with Gasteiger partial charge in [-0.25, -0.2) is 9.97 Å². The highest BCUT2D eigenvalue weighted by molar-refractivity contribution is 9.10. The van der Waals surface area contributed by atoms with Crippen LogP contribution in [0.1, 0.15) is 102 Å². The topological polar surface area (TPSA) is 204 Å². The quantitative estimate of drug-likeness (QED) is 0.0587. The van der Waals surface area contributed by atoms with E-state index in [1.807, 2.05) is 37.3 Å². The van der Waals surface area contributed by atoms with E-state index in [-0.39, 0.29) is 55.0 Å². The number of benzene rings is 3. The lowest BCUT2D eigenvalue weighted by molar-refractivity contribution is -0.137. The summed E-state index contributed by atoms with van der Waals surface area (Å²) in [4.78, 5) is 91.0. The summed E-state index contributed by atoms with van der Waals surface area (Å²) >= 11 is 3.50. The van der Waals surface area contributed by atoms with E-state index in [1.165, 1.54) is 4.90 Å². The van der Waals surface area contributed by atoms with Crippen LogP contribution < -0.4 is 35.8 Å². The number of likely N-dealkylation sites (N-methyl/N-ethyl adjacent to an activating group) is 1. The molecule has 18 heteroatoms. The van der Waals surface area contributed by atoms with Gasteiger partial charge in [0.2, 0.25) is 23.6 Å². The molecule has 3 aliphatic rings. The van der Waals surface area contributed by atoms with Crippen LogP contribution in [0.3, 0.4) is 0 Å². The highest BCUT2D eigenvalue weighted by atomic mass is 79.9. The first-order valence-corrected chi connectivity index (χ1v) is 23.7. The minimum atomic E-state index is -0.710. The Labute approximate surface area is 398 Å². The number of anilines is 3. The Bertz CT molecular complexity index is 2470. The number of fused-ring (bicyclic) bond motifs is 2. The molecule has 1 saturated heterocycles. The molecule has 0 aliphatic carbocycles. The van der Waals surface area contributed by atoms with E-state index < -0.39 is 11.9 Å². The van der Waals surface area contributed by atoms with Gasteiger partial charge in [-0.1, -0.05) is 60.0 Å². The van der Waals surface area contributed by atoms with Crippen LogP contribution in [-0.2, 0) is 43.4 Å². The van der Waals surface area contributed by atoms with Gasteiger partial charge in [0.05, 0.1) is 26.5 Å². The van der Waals surface area contributed by atoms with Gasteiger partial charge in [-0.2, -0.15) is 0 Å². The van der Waals surface area contributed by atoms with Crippen LogP contribution in [0.5, 0.6) is 5.75 Å². The van der Waals surface area contributed by atoms with Crippen molar-refractivity contribution < 1.29 is 38.2 Å². The van der Waals surface area contributed by atoms with E-state index in [4.69, 9.17) is 14.5 Å². The van der Waals surface area contributed by atoms with Crippen LogP contribution in [0, 0.1) is 0 Å². The lowest BCUT2D eigenvalue weighted by Gasteiger charge is -2.40. The van der Waals surface area contributed by atoms with Crippen LogP contribution in [0.2, 0.25) is 0 Å². The average molecular weight is 981 g/mol. The van der Waals surface area contributed by atoms with Gasteiger partial charge in [0.25, 0.3) is 11.8 Å². The Kier molecular flexibility index (Phi) is 16.7. The Morgan fingerprint density at radius 3 is 2.52 bits per heavy atom. The molecule has 0 saturated carbocycles. The summed E-state index contributed by atoms with van der Waals surface area (Å²) in [5, 5.41) is 11.5. The van der Waals surface area contributed by atoms with Crippen LogP contribution in [0.15, 0.2) is 71.3 Å². The van der Waals surface area contributed by atoms with Gasteiger partial charge < -0.3 is 40.1 Å². The number of nitrogens with zero attached hydrogens (tertiary/aromatic N) is 5. The number of carbonyl (C=O) groups excluding carboxylic acids is 6. The minimum absolute atomic E-state index is 0.000858. The molecule has 0 bridgehead atoms. The van der Waals surface area contributed by atoms with Crippen molar-refractivity contribution in [2.45, 2.75) is 89.9 Å². The van der Waals surface area contributed by atoms with Gasteiger partial charge in [-0.15, -0.1) is 0 Å². The lowest BCUT2D eigenvalue weighted by Crippen LogP contribution is -2.52. The van der Waals surface area contributed by atoms with Crippen molar-refractivity contribution in [3.63, 3.8) is 0 Å². The number of methoxy groups -OCH3 is 1. The maximum absolute atomic E-state index is 13.3. The largest absolute Gasteiger partial charge is 0.496 e. The number of halogens is 1. The normalized spacial score (nSPS) is 16.7. The molecule has 3 aliphatic heterocycles. The predicted molar refractivity (Wildman–Crippen MR) is 256 cm³/mol. The van der Waals surface area contributed by atoms with Crippen molar-refractivity contribution >= 4 is 68.6 Å². The maximum Gasteiger partial charge on any atom is 0.255 e. The third-order valence-corrected chi connectivity index (χ3v) is 12.8. The van der Waals surface area contributed by atoms with Crippen LogP contribution in [-0.4, -0.2) is 109 Å². The molecule has 4 heterocycles. The van der Waals surface area contributed by atoms with Gasteiger partial charge >= 0.3 is 0 Å². The number of hydrogen-bond donors (Lipinski definition) is 4. The number of amides is 6. The Hall–Kier alpha value is -6.24. The predicted octanol–water partition coefficient (Wildman–Crippen LogP) is 5.29. The highest BCUT2D eigenvalue weighted by Gasteiger charge is 2.40. The van der Waals surface area contributed by atoms with Gasteiger partial charge in [0.1, 0.15) is 29.3 Å². The summed E-state index contributed by atoms with van der Waals surface area (Å²) in [5.41, 5.74) is 4.70. The molecule has 354 valence electrons. The molecule has 0 radical (unpaired) electrons. The second-order valence-electron chi connectivity index (χ2n) is 16.8. The SMILES string of the molecule is CC[C@@H]1C(=O)N(C)c2cnc(Cc3ccc(C(=O)NCCOCCNCCCCCCC(=O)Nc4cccc5c4CN(C4CCC(=O)NC4=O)C5=O)cc3OC)nc2N1Cc1ccc(Br)cc1. The summed E-state index contributed by atoms with van der Waals surface area (Å²) in [6.45, 7) is 5.41. The van der Waals surface area contributed by atoms with E-state index in [2.05, 4.69) is 47.1 Å². The molecule has 4 N–H and O–H groups in total. The van der Waals surface area contributed by atoms with E-state index in [9.17, 15) is 28.8 Å². The van der Waals surface area contributed by atoms with Crippen molar-refractivity contribution in [1.29, 1.82) is 0 Å². The van der Waals surface area contributed by atoms with Crippen molar-refractivity contribution in [3.8, 4) is 5.75 Å². The first-order valence-electron chi connectivity index (χ1n) is 22.9. The molecule has 1 aromatic heterocycles. The first-order chi connectivity index (χ1) is 32.4. The summed E-state index contributed by atoms with van der Waals surface area (Å²) in [5.74, 6) is 0.355. The molecule has 3 aromatic carbocycles. The number of carbonyl (C=O) groups is 6. The van der Waals surface area contributed by atoms with E-state index in [0.29, 0.717) is 97.6 Å². The van der Waals surface area contributed by atoms with Crippen LogP contribution >= 0.6 is 15.9 Å². The molecule has 17 nitrogen and oxygen atoms in total. The number of imide groups is 1. The van der Waals surface area contributed by atoms with Gasteiger partial charge in [-0.05, 0) is 74.2 Å². The minimum Gasteiger partial charge on any atom is -0.496 e. The van der Waals surface area contributed by atoms with Gasteiger partial charge in [-0.3, -0.25) is 34.1 Å². The monoisotopic (exact) mass is 979 g/mol. The fourth-order valence-electron chi connectivity index (χ4n) is 8.64. The number of aromatic nitrogens is 2. The Balaban J connectivity index is 0.766. The number of hydrogen-bond acceptors (Lipinski definition) is 12. The van der Waals surface area contributed by atoms with E-state index in [0.717, 1.165) is 47.8 Å². The van der Waals surface area contributed by atoms with Gasteiger partial charge in [0, 0.05) is 84.9 Å². The zero-order chi connectivity index (χ0) is 47.5. The molecule has 4 aromatic rings. The molecule has 6 amide bonds. The summed E-state index contributed by atoms with van der Waals surface area (Å²) < 4.78 is 12.4. The molecule has 7 rings (SSSR count). The number of unbranched alkanes of at least 4 members (excludes halogenated alkanes) is 3. The zero-order valence-corrected chi connectivity index (χ0v) is 39.8. The van der Waals surface area contributed by atoms with Crippen LogP contribution in [0.4, 0.5) is 17.2 Å². The molecule has 67 heavy (non-hydrogen) atoms. The third-order valence-electron chi connectivity index (χ3n) is 12.3. The van der Waals surface area contributed by atoms with Crippen molar-refractivity contribution in [2.24, 2.45) is 0 Å². The number of rotatable bonds is 22. The number of ether oxygens (including phenoxy) is 2. The number of piperidine rings is 1. The summed E-state index contributed by atoms with van der Waals surface area (Å²) in [6.07, 6.45) is 7.04. The molecule has 1 unspecified atom stereocenters. The van der Waals surface area contributed by atoms with Gasteiger partial charge in [0.15, 0.2) is 5.82 Å². The van der Waals surface area contributed by atoms with E-state index in [1.54, 1.807) is 55.6 Å². The average Bonchev–Trinajstić information content (AvgIpc) is 3.66. The van der Waals surface area contributed by atoms with Crippen molar-refractivity contribution in [1.82, 2.24) is 30.8 Å². The third kappa shape index (κ3) is 12.0. The molecule has 1 fully saturated rings. The smallest absolute Gasteiger partial charge is 0.255 e. The van der Waals surface area contributed by atoms with E-state index >= 15 is 0 Å². The van der Waals surface area contributed by atoms with Crippen molar-refractivity contribution in [3.05, 3.63) is 105 Å². The van der Waals surface area contributed by atoms with Crippen molar-refractivity contribution in [2.75, 3.05) is 62.1 Å². The highest BCUT2D eigenvalue weighted by Crippen LogP contribution is 2.36. The standard InChI is InChI=1S/C49H58BrN9O8/c1-4-38-49(65)57(2)40-28-53-42(55-45(40)58(38)29-31-13-17-34(50)18-14-31)27-32-15-16-33(26-41(32)66-3)46(62)52-23-25-67-24-22-51-21-8-6-5-7-12-43(60)54-37-11-9-10-35-36(37)30-59(48(35)64)39-19-20-44(61)56-47(39)63/h9-11,13-18,26,28,38-39,51H,4-8,12,19-25,27,29-30H2,1-3H3,(H,52,62)(H,54,60)(H,56,61,63)/t38-,39?/m1/s1. The fraction of sp³-hybridized carbons (Fsp3) is 0.429. The maximum atomic E-state index is 13.3. The van der Waals surface area contributed by atoms with Crippen LogP contribution in [0.25, 0.3) is 0 Å². The molecule has 0 spiro atoms. The fourth-order valence-corrected chi connectivity index (χ4v) is 8.91. The molecule has 2 atom stereocenters. The molecular weight excluding hydrogens is 922 g/mol. The lowest BCUT2D eigenvalue weighted by atomic mass is 10.0. The summed E-state index contributed by atoms with van der Waals surface area (Å²) in [6, 6.07) is 17.5. The Morgan fingerprint density at radius 2 is 1.75 bits per heavy atom. The second kappa shape index (κ2) is 23.0. The molecular formula is C49H58BrN9O8. The second-order valence-corrected chi connectivity index (χ2v) is 17.8. The summed E-state index contributed by atoms with van der Waals surface area (Å²) in [7, 11) is 3.32. The zero-order valence-electron chi connectivity index (χ0n) is 38.2. The Morgan fingerprint density at radius 1 is 0.955 bits per heavy atom.